The molecule has 172 valence electrons. The van der Waals surface area contributed by atoms with Crippen LogP contribution in [0.25, 0.3) is 0 Å². The molecule has 0 aliphatic heterocycles. The number of amides is 2. The van der Waals surface area contributed by atoms with Crippen molar-refractivity contribution in [1.29, 1.82) is 0 Å². The lowest BCUT2D eigenvalue weighted by molar-refractivity contribution is -0.114. The molecule has 3 aromatic rings. The van der Waals surface area contributed by atoms with Gasteiger partial charge in [-0.05, 0) is 42.8 Å². The van der Waals surface area contributed by atoms with Crippen LogP contribution in [0, 0.1) is 5.82 Å². The number of nitrogens with zero attached hydrogens (tertiary/aromatic N) is 1. The van der Waals surface area contributed by atoms with Crippen molar-refractivity contribution in [3.63, 3.8) is 0 Å². The smallest absolute Gasteiger partial charge is 0.253 e. The molecule has 3 rings (SSSR count). The van der Waals surface area contributed by atoms with Crippen LogP contribution in [0.4, 0.5) is 15.8 Å². The van der Waals surface area contributed by atoms with Gasteiger partial charge in [0.2, 0.25) is 15.9 Å². The summed E-state index contributed by atoms with van der Waals surface area (Å²) in [6, 6.07) is 20.5. The molecule has 9 heteroatoms. The van der Waals surface area contributed by atoms with E-state index in [1.807, 2.05) is 37.3 Å². The van der Waals surface area contributed by atoms with Gasteiger partial charge in [-0.1, -0.05) is 48.5 Å². The molecule has 1 atom stereocenters. The number of halogens is 1. The molecule has 2 N–H and O–H groups in total. The molecule has 0 spiro atoms. The first-order valence-corrected chi connectivity index (χ1v) is 12.0. The molecule has 0 saturated heterocycles. The van der Waals surface area contributed by atoms with Gasteiger partial charge in [0, 0.05) is 0 Å². The molecule has 0 radical (unpaired) electrons. The molecule has 0 aromatic heterocycles. The second kappa shape index (κ2) is 10.3. The molecule has 0 fully saturated rings. The molecule has 0 heterocycles. The monoisotopic (exact) mass is 469 g/mol. The van der Waals surface area contributed by atoms with Crippen molar-refractivity contribution >= 4 is 33.2 Å². The van der Waals surface area contributed by atoms with Gasteiger partial charge >= 0.3 is 0 Å². The van der Waals surface area contributed by atoms with Crippen molar-refractivity contribution in [2.24, 2.45) is 0 Å². The zero-order valence-electron chi connectivity index (χ0n) is 18.2. The van der Waals surface area contributed by atoms with Gasteiger partial charge in [0.1, 0.15) is 12.4 Å². The van der Waals surface area contributed by atoms with E-state index in [1.54, 1.807) is 24.3 Å². The number of anilines is 2. The predicted molar refractivity (Wildman–Crippen MR) is 126 cm³/mol. The van der Waals surface area contributed by atoms with Crippen LogP contribution in [0.15, 0.2) is 78.9 Å². The fraction of sp³-hybridized carbons (Fsp3) is 0.167. The van der Waals surface area contributed by atoms with Crippen molar-refractivity contribution in [3.8, 4) is 0 Å². The van der Waals surface area contributed by atoms with E-state index in [4.69, 9.17) is 0 Å². The average Bonchev–Trinajstić information content (AvgIpc) is 2.77. The van der Waals surface area contributed by atoms with Crippen LogP contribution in [-0.2, 0) is 14.8 Å². The average molecular weight is 470 g/mol. The first kappa shape index (κ1) is 23.9. The summed E-state index contributed by atoms with van der Waals surface area (Å²) in [6.45, 7) is 1.26. The van der Waals surface area contributed by atoms with Crippen LogP contribution < -0.4 is 14.9 Å². The van der Waals surface area contributed by atoms with Crippen molar-refractivity contribution in [1.82, 2.24) is 5.32 Å². The van der Waals surface area contributed by atoms with E-state index in [2.05, 4.69) is 10.6 Å². The SMILES string of the molecule is CC(NC(=O)c1ccccc1NC(=O)CN(c1cccc(F)c1)S(C)(=O)=O)c1ccccc1. The molecule has 0 bridgehead atoms. The van der Waals surface area contributed by atoms with E-state index >= 15 is 0 Å². The molecular weight excluding hydrogens is 445 g/mol. The molecule has 0 aliphatic rings. The predicted octanol–water partition coefficient (Wildman–Crippen LogP) is 3.72. The molecule has 33 heavy (non-hydrogen) atoms. The summed E-state index contributed by atoms with van der Waals surface area (Å²) in [7, 11) is -3.87. The quantitative estimate of drug-likeness (QED) is 0.526. The number of nitrogens with one attached hydrogen (secondary N) is 2. The van der Waals surface area contributed by atoms with Crippen molar-refractivity contribution < 1.29 is 22.4 Å². The third-order valence-corrected chi connectivity index (χ3v) is 6.02. The Kier molecular flexibility index (Phi) is 7.44. The summed E-state index contributed by atoms with van der Waals surface area (Å²) in [6.07, 6.45) is 0.928. The van der Waals surface area contributed by atoms with E-state index in [0.29, 0.717) is 0 Å². The highest BCUT2D eigenvalue weighted by molar-refractivity contribution is 7.92. The highest BCUT2D eigenvalue weighted by atomic mass is 32.2. The van der Waals surface area contributed by atoms with Gasteiger partial charge in [-0.15, -0.1) is 0 Å². The number of hydrogen-bond donors (Lipinski definition) is 2. The number of sulfonamides is 1. The minimum atomic E-state index is -3.87. The highest BCUT2D eigenvalue weighted by Gasteiger charge is 2.22. The number of rotatable bonds is 8. The Morgan fingerprint density at radius 3 is 2.30 bits per heavy atom. The van der Waals surface area contributed by atoms with Gasteiger partial charge in [0.15, 0.2) is 0 Å². The van der Waals surface area contributed by atoms with E-state index in [9.17, 15) is 22.4 Å². The normalized spacial score (nSPS) is 12.0. The van der Waals surface area contributed by atoms with Crippen LogP contribution in [0.3, 0.4) is 0 Å². The molecule has 1 unspecified atom stereocenters. The Labute approximate surface area is 192 Å². The number of benzene rings is 3. The number of carbonyl (C=O) groups excluding carboxylic acids is 2. The van der Waals surface area contributed by atoms with Gasteiger partial charge in [-0.3, -0.25) is 13.9 Å². The summed E-state index contributed by atoms with van der Waals surface area (Å²) in [5.74, 6) is -1.70. The van der Waals surface area contributed by atoms with Gasteiger partial charge < -0.3 is 10.6 Å². The minimum Gasteiger partial charge on any atom is -0.345 e. The van der Waals surface area contributed by atoms with Crippen molar-refractivity contribution in [2.45, 2.75) is 13.0 Å². The van der Waals surface area contributed by atoms with Crippen LogP contribution in [0.2, 0.25) is 0 Å². The fourth-order valence-corrected chi connectivity index (χ4v) is 4.09. The lowest BCUT2D eigenvalue weighted by Gasteiger charge is -2.22. The van der Waals surface area contributed by atoms with E-state index in [-0.39, 0.29) is 23.0 Å². The third kappa shape index (κ3) is 6.39. The molecule has 2 amide bonds. The van der Waals surface area contributed by atoms with Crippen molar-refractivity contribution in [2.75, 3.05) is 22.4 Å². The molecule has 7 nitrogen and oxygen atoms in total. The molecular formula is C24H24FN3O4S. The van der Waals surface area contributed by atoms with Crippen LogP contribution in [0.1, 0.15) is 28.9 Å². The molecule has 0 aliphatic carbocycles. The van der Waals surface area contributed by atoms with Crippen molar-refractivity contribution in [3.05, 3.63) is 95.8 Å². The maximum atomic E-state index is 13.6. The third-order valence-electron chi connectivity index (χ3n) is 4.88. The Balaban J connectivity index is 1.77. The lowest BCUT2D eigenvalue weighted by atomic mass is 10.1. The number of hydrogen-bond acceptors (Lipinski definition) is 4. The van der Waals surface area contributed by atoms with Crippen LogP contribution in [-0.4, -0.2) is 33.0 Å². The summed E-state index contributed by atoms with van der Waals surface area (Å²) < 4.78 is 38.8. The molecule has 0 saturated carbocycles. The Morgan fingerprint density at radius 1 is 0.970 bits per heavy atom. The summed E-state index contributed by atoms with van der Waals surface area (Å²) in [4.78, 5) is 25.6. The standard InChI is InChI=1S/C24H24FN3O4S/c1-17(18-9-4-3-5-10-18)26-24(30)21-13-6-7-14-22(21)27-23(29)16-28(33(2,31)32)20-12-8-11-19(25)15-20/h3-15,17H,16H2,1-2H3,(H,26,30)(H,27,29). The van der Waals surface area contributed by atoms with Gasteiger partial charge in [0.05, 0.1) is 29.2 Å². The lowest BCUT2D eigenvalue weighted by Crippen LogP contribution is -2.38. The fourth-order valence-electron chi connectivity index (χ4n) is 3.24. The maximum absolute atomic E-state index is 13.6. The van der Waals surface area contributed by atoms with E-state index in [0.717, 1.165) is 22.2 Å². The maximum Gasteiger partial charge on any atom is 0.253 e. The Morgan fingerprint density at radius 2 is 1.64 bits per heavy atom. The topological polar surface area (TPSA) is 95.6 Å². The summed E-state index contributed by atoms with van der Waals surface area (Å²) in [5, 5.41) is 5.48. The van der Waals surface area contributed by atoms with E-state index in [1.165, 1.54) is 18.2 Å². The van der Waals surface area contributed by atoms with Gasteiger partial charge in [-0.2, -0.15) is 0 Å². The van der Waals surface area contributed by atoms with E-state index < -0.39 is 34.2 Å². The van der Waals surface area contributed by atoms with Gasteiger partial charge in [-0.25, -0.2) is 12.8 Å². The summed E-state index contributed by atoms with van der Waals surface area (Å²) in [5.41, 5.74) is 1.40. The Bertz CT molecular complexity index is 1250. The second-order valence-corrected chi connectivity index (χ2v) is 9.36. The zero-order chi connectivity index (χ0) is 24.0. The number of para-hydroxylation sites is 1. The van der Waals surface area contributed by atoms with Crippen LogP contribution in [0.5, 0.6) is 0 Å². The second-order valence-electron chi connectivity index (χ2n) is 7.45. The minimum absolute atomic E-state index is 0.0235. The largest absolute Gasteiger partial charge is 0.345 e. The Hall–Kier alpha value is -3.72. The number of carbonyl (C=O) groups is 2. The highest BCUT2D eigenvalue weighted by Crippen LogP contribution is 2.21. The van der Waals surface area contributed by atoms with Crippen LogP contribution >= 0.6 is 0 Å². The first-order chi connectivity index (χ1) is 15.6. The molecule has 3 aromatic carbocycles. The summed E-state index contributed by atoms with van der Waals surface area (Å²) >= 11 is 0. The zero-order valence-corrected chi connectivity index (χ0v) is 19.0. The first-order valence-electron chi connectivity index (χ1n) is 10.1. The van der Waals surface area contributed by atoms with Gasteiger partial charge in [0.25, 0.3) is 5.91 Å².